The molecule has 2 unspecified atom stereocenters. The van der Waals surface area contributed by atoms with E-state index in [4.69, 9.17) is 25.8 Å². The molecular weight excluding hydrogens is 268 g/mol. The first-order valence-corrected chi connectivity index (χ1v) is 6.56. The molecule has 0 aromatic heterocycles. The third kappa shape index (κ3) is 2.69. The Morgan fingerprint density at radius 2 is 2.05 bits per heavy atom. The van der Waals surface area contributed by atoms with Gasteiger partial charge in [0.2, 0.25) is 0 Å². The topological polar surface area (TPSA) is 44.8 Å². The Morgan fingerprint density at radius 1 is 1.32 bits per heavy atom. The van der Waals surface area contributed by atoms with Gasteiger partial charge in [0.25, 0.3) is 0 Å². The van der Waals surface area contributed by atoms with Gasteiger partial charge in [0.15, 0.2) is 11.5 Å². The summed E-state index contributed by atoms with van der Waals surface area (Å²) in [7, 11) is 3.00. The van der Waals surface area contributed by atoms with Crippen LogP contribution in [-0.4, -0.2) is 32.2 Å². The molecule has 0 spiro atoms. The van der Waals surface area contributed by atoms with Gasteiger partial charge in [-0.15, -0.1) is 0 Å². The fourth-order valence-corrected chi connectivity index (χ4v) is 2.58. The maximum absolute atomic E-state index is 12.4. The quantitative estimate of drug-likeness (QED) is 0.797. The van der Waals surface area contributed by atoms with Crippen LogP contribution in [0.1, 0.15) is 30.1 Å². The van der Waals surface area contributed by atoms with E-state index in [2.05, 4.69) is 0 Å². The highest BCUT2D eigenvalue weighted by atomic mass is 35.5. The van der Waals surface area contributed by atoms with Gasteiger partial charge in [0.1, 0.15) is 16.9 Å². The number of benzene rings is 1. The van der Waals surface area contributed by atoms with Crippen molar-refractivity contribution in [2.75, 3.05) is 14.2 Å². The van der Waals surface area contributed by atoms with E-state index in [1.807, 2.05) is 6.92 Å². The first-order valence-electron chi connectivity index (χ1n) is 6.18. The molecule has 0 saturated carbocycles. The molecule has 1 aromatic carbocycles. The van der Waals surface area contributed by atoms with E-state index in [-0.39, 0.29) is 11.9 Å². The van der Waals surface area contributed by atoms with E-state index in [0.717, 1.165) is 12.8 Å². The average molecular weight is 285 g/mol. The Balaban J connectivity index is 2.34. The first kappa shape index (κ1) is 14.2. The zero-order chi connectivity index (χ0) is 14.0. The normalized spacial score (nSPS) is 22.3. The molecule has 19 heavy (non-hydrogen) atoms. The smallest absolute Gasteiger partial charge is 0.195 e. The molecule has 0 radical (unpaired) electrons. The Morgan fingerprint density at radius 3 is 2.58 bits per heavy atom. The maximum atomic E-state index is 12.4. The molecule has 0 N–H and O–H groups in total. The van der Waals surface area contributed by atoms with E-state index in [1.165, 1.54) is 14.2 Å². The highest BCUT2D eigenvalue weighted by Crippen LogP contribution is 2.38. The number of ketones is 1. The van der Waals surface area contributed by atoms with Crippen LogP contribution in [-0.2, 0) is 4.74 Å². The first-order chi connectivity index (χ1) is 9.08. The highest BCUT2D eigenvalue weighted by molar-refractivity contribution is 6.34. The van der Waals surface area contributed by atoms with E-state index in [9.17, 15) is 4.79 Å². The molecule has 104 valence electrons. The van der Waals surface area contributed by atoms with Gasteiger partial charge in [0, 0.05) is 0 Å². The molecule has 1 saturated heterocycles. The van der Waals surface area contributed by atoms with Crippen LogP contribution < -0.4 is 9.47 Å². The zero-order valence-electron chi connectivity index (χ0n) is 11.2. The van der Waals surface area contributed by atoms with Gasteiger partial charge in [-0.25, -0.2) is 0 Å². The van der Waals surface area contributed by atoms with Crippen LogP contribution in [0, 0.1) is 0 Å². The second-order valence-corrected chi connectivity index (χ2v) is 4.92. The van der Waals surface area contributed by atoms with Crippen molar-refractivity contribution in [3.8, 4) is 11.5 Å². The van der Waals surface area contributed by atoms with Crippen molar-refractivity contribution in [1.82, 2.24) is 0 Å². The van der Waals surface area contributed by atoms with Crippen molar-refractivity contribution in [2.45, 2.75) is 32.0 Å². The number of hydrogen-bond donors (Lipinski definition) is 0. The number of ether oxygens (including phenoxy) is 3. The van der Waals surface area contributed by atoms with E-state index in [0.29, 0.717) is 22.1 Å². The minimum absolute atomic E-state index is 0.0919. The molecule has 2 rings (SSSR count). The molecule has 0 aliphatic carbocycles. The molecule has 4 nitrogen and oxygen atoms in total. The summed E-state index contributed by atoms with van der Waals surface area (Å²) in [6, 6.07) is 3.33. The van der Waals surface area contributed by atoms with Gasteiger partial charge >= 0.3 is 0 Å². The van der Waals surface area contributed by atoms with Crippen molar-refractivity contribution in [3.05, 3.63) is 22.7 Å². The van der Waals surface area contributed by atoms with E-state index in [1.54, 1.807) is 12.1 Å². The zero-order valence-corrected chi connectivity index (χ0v) is 12.0. The molecule has 1 heterocycles. The third-order valence-corrected chi connectivity index (χ3v) is 3.63. The maximum Gasteiger partial charge on any atom is 0.195 e. The summed E-state index contributed by atoms with van der Waals surface area (Å²) in [4.78, 5) is 12.4. The fraction of sp³-hybridized carbons (Fsp3) is 0.500. The average Bonchev–Trinajstić information content (AvgIpc) is 2.84. The Kier molecular flexibility index (Phi) is 4.32. The summed E-state index contributed by atoms with van der Waals surface area (Å²) < 4.78 is 15.9. The summed E-state index contributed by atoms with van der Waals surface area (Å²) in [5, 5.41) is 0.307. The van der Waals surface area contributed by atoms with Gasteiger partial charge in [-0.3, -0.25) is 4.79 Å². The number of carbonyl (C=O) groups excluding carboxylic acids is 1. The Hall–Kier alpha value is -1.26. The lowest BCUT2D eigenvalue weighted by molar-refractivity contribution is 0.0431. The third-order valence-electron chi connectivity index (χ3n) is 3.28. The molecule has 0 bridgehead atoms. The second-order valence-electron chi connectivity index (χ2n) is 4.54. The van der Waals surface area contributed by atoms with Gasteiger partial charge in [0.05, 0.1) is 25.9 Å². The number of Topliss-reactive ketones (excluding diaryl/α,β-unsaturated/α-hetero) is 1. The second kappa shape index (κ2) is 5.80. The minimum atomic E-state index is -0.409. The molecule has 1 aliphatic heterocycles. The number of hydrogen-bond acceptors (Lipinski definition) is 4. The van der Waals surface area contributed by atoms with E-state index < -0.39 is 6.10 Å². The standard InChI is InChI=1S/C14H17ClO4/c1-8-4-6-11(19-8)13(16)9-5-7-10(17-2)12(15)14(9)18-3/h5,7-8,11H,4,6H2,1-3H3. The Bertz CT molecular complexity index is 487. The number of methoxy groups -OCH3 is 2. The number of rotatable bonds is 4. The number of halogens is 1. The largest absolute Gasteiger partial charge is 0.495 e. The molecular formula is C14H17ClO4. The van der Waals surface area contributed by atoms with Gasteiger partial charge in [-0.05, 0) is 31.9 Å². The summed E-state index contributed by atoms with van der Waals surface area (Å²) >= 11 is 6.15. The van der Waals surface area contributed by atoms with Gasteiger partial charge in [-0.1, -0.05) is 11.6 Å². The summed E-state index contributed by atoms with van der Waals surface area (Å²) in [5.41, 5.74) is 0.437. The minimum Gasteiger partial charge on any atom is -0.495 e. The fourth-order valence-electron chi connectivity index (χ4n) is 2.26. The molecule has 1 fully saturated rings. The molecule has 5 heteroatoms. The van der Waals surface area contributed by atoms with Crippen molar-refractivity contribution < 1.29 is 19.0 Å². The summed E-state index contributed by atoms with van der Waals surface area (Å²) in [6.07, 6.45) is 1.33. The summed E-state index contributed by atoms with van der Waals surface area (Å²) in [6.45, 7) is 1.96. The van der Waals surface area contributed by atoms with Crippen LogP contribution >= 0.6 is 11.6 Å². The van der Waals surface area contributed by atoms with Crippen molar-refractivity contribution >= 4 is 17.4 Å². The van der Waals surface area contributed by atoms with Gasteiger partial charge < -0.3 is 14.2 Å². The van der Waals surface area contributed by atoms with E-state index >= 15 is 0 Å². The van der Waals surface area contributed by atoms with Crippen LogP contribution in [0.25, 0.3) is 0 Å². The lowest BCUT2D eigenvalue weighted by atomic mass is 10.0. The lowest BCUT2D eigenvalue weighted by Gasteiger charge is -2.15. The Labute approximate surface area is 117 Å². The van der Waals surface area contributed by atoms with Crippen LogP contribution in [0.2, 0.25) is 5.02 Å². The van der Waals surface area contributed by atoms with Gasteiger partial charge in [-0.2, -0.15) is 0 Å². The number of carbonyl (C=O) groups is 1. The molecule has 1 aliphatic rings. The predicted octanol–water partition coefficient (Wildman–Crippen LogP) is 3.11. The van der Waals surface area contributed by atoms with Crippen molar-refractivity contribution in [1.29, 1.82) is 0 Å². The van der Waals surface area contributed by atoms with Crippen LogP contribution in [0.4, 0.5) is 0 Å². The summed E-state index contributed by atoms with van der Waals surface area (Å²) in [5.74, 6) is 0.732. The molecule has 0 amide bonds. The van der Waals surface area contributed by atoms with Crippen molar-refractivity contribution in [3.63, 3.8) is 0 Å². The molecule has 2 atom stereocenters. The molecule has 1 aromatic rings. The van der Waals surface area contributed by atoms with Crippen LogP contribution in [0.3, 0.4) is 0 Å². The van der Waals surface area contributed by atoms with Crippen LogP contribution in [0.5, 0.6) is 11.5 Å². The SMILES string of the molecule is COc1ccc(C(=O)C2CCC(C)O2)c(OC)c1Cl. The predicted molar refractivity (Wildman–Crippen MR) is 72.5 cm³/mol. The van der Waals surface area contributed by atoms with Crippen LogP contribution in [0.15, 0.2) is 12.1 Å². The van der Waals surface area contributed by atoms with Crippen molar-refractivity contribution in [2.24, 2.45) is 0 Å². The monoisotopic (exact) mass is 284 g/mol. The highest BCUT2D eigenvalue weighted by Gasteiger charge is 2.31. The lowest BCUT2D eigenvalue weighted by Crippen LogP contribution is -2.21.